The summed E-state index contributed by atoms with van der Waals surface area (Å²) in [7, 11) is 0. The Morgan fingerprint density at radius 2 is 1.91 bits per heavy atom. The van der Waals surface area contributed by atoms with Gasteiger partial charge >= 0.3 is 5.63 Å². The first-order valence-electron chi connectivity index (χ1n) is 14.1. The van der Waals surface area contributed by atoms with Gasteiger partial charge in [0.1, 0.15) is 0 Å². The van der Waals surface area contributed by atoms with Crippen molar-refractivity contribution in [3.63, 3.8) is 0 Å². The maximum Gasteiger partial charge on any atom is 0.335 e. The third-order valence-corrected chi connectivity index (χ3v) is 11.4. The predicted molar refractivity (Wildman–Crippen MR) is 135 cm³/mol. The minimum atomic E-state index is -0.240. The van der Waals surface area contributed by atoms with E-state index < -0.39 is 0 Å². The number of ether oxygens (including phenoxy) is 1. The largest absolute Gasteiger partial charge is 0.431 e. The first-order chi connectivity index (χ1) is 16.5. The molecule has 5 aliphatic rings. The van der Waals surface area contributed by atoms with Gasteiger partial charge in [-0.3, -0.25) is 4.90 Å². The fourth-order valence-electron chi connectivity index (χ4n) is 9.50. The van der Waals surface area contributed by atoms with E-state index in [9.17, 15) is 4.79 Å². The maximum atomic E-state index is 11.6. The first kappa shape index (κ1) is 23.0. The molecule has 0 amide bonds. The molecule has 4 aliphatic carbocycles. The van der Waals surface area contributed by atoms with Crippen molar-refractivity contribution in [1.29, 1.82) is 0 Å². The molecular weight excluding hydrogens is 422 g/mol. The zero-order valence-electron chi connectivity index (χ0n) is 21.3. The fourth-order valence-corrected chi connectivity index (χ4v) is 9.50. The summed E-state index contributed by atoms with van der Waals surface area (Å²) in [6.07, 6.45) is 16.6. The van der Waals surface area contributed by atoms with Crippen molar-refractivity contribution < 1.29 is 9.15 Å². The minimum absolute atomic E-state index is 0.224. The molecule has 1 aromatic rings. The van der Waals surface area contributed by atoms with Crippen LogP contribution in [0.1, 0.15) is 83.1 Å². The lowest BCUT2D eigenvalue weighted by atomic mass is 9.43. The molecule has 1 aliphatic heterocycles. The Morgan fingerprint density at radius 1 is 1.06 bits per heavy atom. The van der Waals surface area contributed by atoms with Crippen LogP contribution in [0.3, 0.4) is 0 Å². The van der Waals surface area contributed by atoms with Crippen molar-refractivity contribution in [2.45, 2.75) is 77.6 Å². The second-order valence-corrected chi connectivity index (χ2v) is 12.5. The van der Waals surface area contributed by atoms with Gasteiger partial charge in [-0.2, -0.15) is 0 Å². The van der Waals surface area contributed by atoms with Crippen LogP contribution in [0.15, 0.2) is 39.3 Å². The summed E-state index contributed by atoms with van der Waals surface area (Å²) >= 11 is 0. The molecule has 3 saturated carbocycles. The average Bonchev–Trinajstić information content (AvgIpc) is 3.21. The van der Waals surface area contributed by atoms with E-state index in [2.05, 4.69) is 24.8 Å². The van der Waals surface area contributed by atoms with Gasteiger partial charge in [-0.15, -0.1) is 0 Å². The lowest BCUT2D eigenvalue weighted by molar-refractivity contribution is -0.0979. The van der Waals surface area contributed by atoms with Crippen molar-refractivity contribution in [2.75, 3.05) is 32.8 Å². The second kappa shape index (κ2) is 8.92. The van der Waals surface area contributed by atoms with Crippen LogP contribution in [-0.4, -0.2) is 37.7 Å². The molecule has 1 unspecified atom stereocenters. The summed E-state index contributed by atoms with van der Waals surface area (Å²) in [6.45, 7) is 10.6. The number of nitrogens with zero attached hydrogens (tertiary/aromatic N) is 1. The molecule has 4 heteroatoms. The third-order valence-electron chi connectivity index (χ3n) is 11.4. The summed E-state index contributed by atoms with van der Waals surface area (Å²) in [5.41, 5.74) is 3.45. The molecular formula is C30H43NO3. The van der Waals surface area contributed by atoms with Crippen LogP contribution in [0.5, 0.6) is 0 Å². The molecule has 4 fully saturated rings. The number of fused-ring (bicyclic) bond motifs is 5. The summed E-state index contributed by atoms with van der Waals surface area (Å²) in [4.78, 5) is 14.2. The molecule has 7 atom stereocenters. The van der Waals surface area contributed by atoms with Gasteiger partial charge in [-0.05, 0) is 110 Å². The van der Waals surface area contributed by atoms with Crippen LogP contribution in [0, 0.1) is 34.5 Å². The van der Waals surface area contributed by atoms with E-state index in [0.29, 0.717) is 11.3 Å². The molecule has 34 heavy (non-hydrogen) atoms. The van der Waals surface area contributed by atoms with Crippen molar-refractivity contribution in [3.05, 3.63) is 46.0 Å². The molecule has 1 aromatic heterocycles. The molecule has 4 nitrogen and oxygen atoms in total. The SMILES string of the molecule is C[C@@]12C(CCN3CCOCC3)CCC[C@@H]1CC[C@H]1C3=CC[C@H](c4ccc(=O)oc4)[C@@]3(C)CC[C@@H]12. The predicted octanol–water partition coefficient (Wildman–Crippen LogP) is 6.02. The van der Waals surface area contributed by atoms with Gasteiger partial charge < -0.3 is 9.15 Å². The Balaban J connectivity index is 1.24. The standard InChI is InChI=1S/C30H43NO3/c1-29-14-12-27-24(26(29)10-9-25(29)21-6-11-28(32)34-20-21)8-7-22-4-3-5-23(30(22,27)2)13-15-31-16-18-33-19-17-31/h6,10-11,20,22-25,27H,3-5,7-9,12-19H2,1-2H3/t22-,23?,24+,25-,27+,29-,30+/m1/s1. The number of rotatable bonds is 4. The van der Waals surface area contributed by atoms with Crippen LogP contribution >= 0.6 is 0 Å². The van der Waals surface area contributed by atoms with Crippen molar-refractivity contribution >= 4 is 0 Å². The highest BCUT2D eigenvalue weighted by molar-refractivity contribution is 5.36. The Morgan fingerprint density at radius 3 is 2.71 bits per heavy atom. The smallest absolute Gasteiger partial charge is 0.335 e. The normalized spacial score (nSPS) is 42.4. The zero-order valence-corrected chi connectivity index (χ0v) is 21.3. The average molecular weight is 466 g/mol. The number of hydrogen-bond acceptors (Lipinski definition) is 4. The van der Waals surface area contributed by atoms with E-state index in [1.165, 1.54) is 63.5 Å². The molecule has 0 aromatic carbocycles. The van der Waals surface area contributed by atoms with Crippen LogP contribution in [-0.2, 0) is 4.74 Å². The highest BCUT2D eigenvalue weighted by Gasteiger charge is 2.59. The van der Waals surface area contributed by atoms with Gasteiger partial charge in [0, 0.05) is 19.2 Å². The number of morpholine rings is 1. The Labute approximate surface area is 205 Å². The molecule has 2 heterocycles. The Hall–Kier alpha value is -1.39. The third kappa shape index (κ3) is 3.66. The van der Waals surface area contributed by atoms with E-state index in [0.717, 1.165) is 56.4 Å². The summed E-state index contributed by atoms with van der Waals surface area (Å²) in [5, 5.41) is 0. The molecule has 0 spiro atoms. The molecule has 0 radical (unpaired) electrons. The van der Waals surface area contributed by atoms with Crippen LogP contribution < -0.4 is 5.63 Å². The van der Waals surface area contributed by atoms with E-state index in [1.54, 1.807) is 17.9 Å². The molecule has 186 valence electrons. The van der Waals surface area contributed by atoms with Gasteiger partial charge in [0.25, 0.3) is 0 Å². The van der Waals surface area contributed by atoms with Gasteiger partial charge in [-0.25, -0.2) is 4.79 Å². The Kier molecular flexibility index (Phi) is 6.05. The minimum Gasteiger partial charge on any atom is -0.431 e. The highest BCUT2D eigenvalue weighted by atomic mass is 16.5. The monoisotopic (exact) mass is 465 g/mol. The van der Waals surface area contributed by atoms with E-state index in [4.69, 9.17) is 9.15 Å². The Bertz CT molecular complexity index is 957. The van der Waals surface area contributed by atoms with Gasteiger partial charge in [0.2, 0.25) is 0 Å². The van der Waals surface area contributed by atoms with Crippen LogP contribution in [0.4, 0.5) is 0 Å². The number of allylic oxidation sites excluding steroid dienone is 2. The first-order valence-corrected chi connectivity index (χ1v) is 14.1. The number of hydrogen-bond donors (Lipinski definition) is 0. The molecule has 6 rings (SSSR count). The maximum absolute atomic E-state index is 11.6. The summed E-state index contributed by atoms with van der Waals surface area (Å²) < 4.78 is 10.9. The van der Waals surface area contributed by atoms with Crippen LogP contribution in [0.2, 0.25) is 0 Å². The zero-order chi connectivity index (χ0) is 23.3. The van der Waals surface area contributed by atoms with E-state index in [1.807, 2.05) is 6.07 Å². The second-order valence-electron chi connectivity index (χ2n) is 12.5. The van der Waals surface area contributed by atoms with Gasteiger partial charge in [-0.1, -0.05) is 31.9 Å². The van der Waals surface area contributed by atoms with E-state index >= 15 is 0 Å². The van der Waals surface area contributed by atoms with Gasteiger partial charge in [0.15, 0.2) is 0 Å². The van der Waals surface area contributed by atoms with Gasteiger partial charge in [0.05, 0.1) is 19.5 Å². The lowest BCUT2D eigenvalue weighted by Gasteiger charge is -2.62. The van der Waals surface area contributed by atoms with Crippen molar-refractivity contribution in [1.82, 2.24) is 4.90 Å². The van der Waals surface area contributed by atoms with E-state index in [-0.39, 0.29) is 11.0 Å². The summed E-state index contributed by atoms with van der Waals surface area (Å²) in [6, 6.07) is 3.63. The topological polar surface area (TPSA) is 42.7 Å². The molecule has 0 N–H and O–H groups in total. The molecule has 1 saturated heterocycles. The lowest BCUT2D eigenvalue weighted by Crippen LogP contribution is -2.54. The highest BCUT2D eigenvalue weighted by Crippen LogP contribution is 2.68. The van der Waals surface area contributed by atoms with Crippen molar-refractivity contribution in [3.8, 4) is 0 Å². The fraction of sp³-hybridized carbons (Fsp3) is 0.767. The van der Waals surface area contributed by atoms with Crippen molar-refractivity contribution in [2.24, 2.45) is 34.5 Å². The molecule has 0 bridgehead atoms. The summed E-state index contributed by atoms with van der Waals surface area (Å²) in [5.74, 6) is 3.84. The quantitative estimate of drug-likeness (QED) is 0.510. The van der Waals surface area contributed by atoms with Crippen LogP contribution in [0.25, 0.3) is 0 Å².